The van der Waals surface area contributed by atoms with Gasteiger partial charge in [0.15, 0.2) is 11.6 Å². The highest BCUT2D eigenvalue weighted by Gasteiger charge is 2.30. The van der Waals surface area contributed by atoms with E-state index in [0.717, 1.165) is 0 Å². The second kappa shape index (κ2) is 6.67. The fraction of sp³-hybridized carbons (Fsp3) is 0.250. The summed E-state index contributed by atoms with van der Waals surface area (Å²) in [7, 11) is 0. The van der Waals surface area contributed by atoms with Crippen LogP contribution in [0.15, 0.2) is 36.4 Å². The molecule has 0 aliphatic heterocycles. The van der Waals surface area contributed by atoms with Gasteiger partial charge in [0, 0.05) is 27.8 Å². The van der Waals surface area contributed by atoms with Gasteiger partial charge in [0.1, 0.15) is 0 Å². The van der Waals surface area contributed by atoms with Gasteiger partial charge in [-0.25, -0.2) is 0 Å². The minimum atomic E-state index is -0.281. The lowest BCUT2D eigenvalue weighted by Gasteiger charge is -2.21. The Morgan fingerprint density at radius 1 is 0.962 bits per heavy atom. The van der Waals surface area contributed by atoms with Gasteiger partial charge in [-0.2, -0.15) is 0 Å². The predicted molar refractivity (Wildman–Crippen MR) is 101 cm³/mol. The maximum Gasteiger partial charge on any atom is 0.238 e. The van der Waals surface area contributed by atoms with Crippen molar-refractivity contribution in [3.05, 3.63) is 63.7 Å². The van der Waals surface area contributed by atoms with E-state index in [9.17, 15) is 14.4 Å². The average Bonchev–Trinajstić information content (AvgIpc) is 2.58. The third-order valence-corrected chi connectivity index (χ3v) is 4.38. The molecule has 0 atom stereocenters. The summed E-state index contributed by atoms with van der Waals surface area (Å²) in [6.07, 6.45) is 0. The minimum absolute atomic E-state index is 0.104. The molecule has 3 rings (SSSR count). The van der Waals surface area contributed by atoms with E-state index >= 15 is 0 Å². The van der Waals surface area contributed by atoms with Crippen LogP contribution in [0.1, 0.15) is 52.6 Å². The molecule has 0 saturated carbocycles. The van der Waals surface area contributed by atoms with Crippen LogP contribution in [0, 0.1) is 0 Å². The molecule has 0 saturated heterocycles. The molecule has 1 aliphatic rings. The Morgan fingerprint density at radius 2 is 1.50 bits per heavy atom. The fourth-order valence-electron chi connectivity index (χ4n) is 2.75. The quantitative estimate of drug-likeness (QED) is 0.740. The number of carbonyl (C=O) groups is 3. The highest BCUT2D eigenvalue weighted by Crippen LogP contribution is 2.33. The number of hydrogen-bond acceptors (Lipinski definition) is 4. The van der Waals surface area contributed by atoms with Gasteiger partial charge in [-0.3, -0.25) is 14.4 Å². The maximum atomic E-state index is 12.7. The van der Waals surface area contributed by atoms with Crippen LogP contribution in [0.2, 0.25) is 5.02 Å². The number of nitrogens with one attached hydrogen (secondary N) is 2. The van der Waals surface area contributed by atoms with Crippen molar-refractivity contribution in [2.24, 2.45) is 0 Å². The number of carbonyl (C=O) groups excluding carboxylic acids is 3. The van der Waals surface area contributed by atoms with Gasteiger partial charge in [0.05, 0.1) is 17.3 Å². The molecule has 0 heterocycles. The lowest BCUT2D eigenvalue weighted by molar-refractivity contribution is -0.115. The number of ketones is 2. The Kier molecular flexibility index (Phi) is 4.69. The van der Waals surface area contributed by atoms with E-state index in [1.165, 1.54) is 12.1 Å². The first-order valence-electron chi connectivity index (χ1n) is 8.24. The molecule has 0 fully saturated rings. The van der Waals surface area contributed by atoms with E-state index in [-0.39, 0.29) is 45.7 Å². The zero-order valence-corrected chi connectivity index (χ0v) is 15.5. The normalized spacial score (nSPS) is 13.2. The van der Waals surface area contributed by atoms with E-state index in [4.69, 9.17) is 11.6 Å². The smallest absolute Gasteiger partial charge is 0.238 e. The largest absolute Gasteiger partial charge is 0.324 e. The Hall–Kier alpha value is -2.50. The first-order chi connectivity index (χ1) is 12.2. The number of rotatable bonds is 3. The van der Waals surface area contributed by atoms with Gasteiger partial charge in [-0.15, -0.1) is 0 Å². The fourth-order valence-corrected chi connectivity index (χ4v) is 2.96. The molecule has 2 aromatic carbocycles. The van der Waals surface area contributed by atoms with Gasteiger partial charge >= 0.3 is 0 Å². The first kappa shape index (κ1) is 18.3. The highest BCUT2D eigenvalue weighted by atomic mass is 35.5. The van der Waals surface area contributed by atoms with E-state index in [0.29, 0.717) is 16.8 Å². The van der Waals surface area contributed by atoms with E-state index < -0.39 is 0 Å². The van der Waals surface area contributed by atoms with Gasteiger partial charge in [-0.1, -0.05) is 35.9 Å². The maximum absolute atomic E-state index is 12.7. The van der Waals surface area contributed by atoms with Crippen molar-refractivity contribution in [1.82, 2.24) is 5.32 Å². The molecule has 6 heteroatoms. The molecule has 26 heavy (non-hydrogen) atoms. The van der Waals surface area contributed by atoms with Crippen LogP contribution in [0.5, 0.6) is 0 Å². The van der Waals surface area contributed by atoms with Crippen LogP contribution in [-0.2, 0) is 4.79 Å². The van der Waals surface area contributed by atoms with Crippen LogP contribution < -0.4 is 10.6 Å². The Labute approximate surface area is 156 Å². The summed E-state index contributed by atoms with van der Waals surface area (Å²) in [4.78, 5) is 37.5. The molecule has 1 amide bonds. The molecule has 0 radical (unpaired) electrons. The van der Waals surface area contributed by atoms with Crippen LogP contribution in [0.4, 0.5) is 5.69 Å². The third kappa shape index (κ3) is 3.54. The van der Waals surface area contributed by atoms with Crippen molar-refractivity contribution in [1.29, 1.82) is 0 Å². The molecule has 2 N–H and O–H groups in total. The molecule has 0 bridgehead atoms. The first-order valence-corrected chi connectivity index (χ1v) is 8.62. The lowest BCUT2D eigenvalue weighted by atomic mass is 9.84. The van der Waals surface area contributed by atoms with Crippen LogP contribution in [0.25, 0.3) is 0 Å². The summed E-state index contributed by atoms with van der Waals surface area (Å²) in [5.74, 6) is -0.781. The minimum Gasteiger partial charge on any atom is -0.324 e. The molecule has 0 spiro atoms. The van der Waals surface area contributed by atoms with Crippen molar-refractivity contribution < 1.29 is 14.4 Å². The number of hydrogen-bond donors (Lipinski definition) is 2. The second-order valence-corrected chi connectivity index (χ2v) is 7.64. The second-order valence-electron chi connectivity index (χ2n) is 7.23. The van der Waals surface area contributed by atoms with Crippen molar-refractivity contribution in [3.63, 3.8) is 0 Å². The summed E-state index contributed by atoms with van der Waals surface area (Å²) in [6.45, 7) is 5.96. The van der Waals surface area contributed by atoms with E-state index in [2.05, 4.69) is 10.6 Å². The number of amides is 1. The van der Waals surface area contributed by atoms with Crippen molar-refractivity contribution in [2.45, 2.75) is 26.3 Å². The van der Waals surface area contributed by atoms with Crippen molar-refractivity contribution >= 4 is 34.8 Å². The molecule has 0 aromatic heterocycles. The number of anilines is 1. The van der Waals surface area contributed by atoms with Gasteiger partial charge < -0.3 is 10.6 Å². The predicted octanol–water partition coefficient (Wildman–Crippen LogP) is 3.44. The van der Waals surface area contributed by atoms with Gasteiger partial charge in [0.25, 0.3) is 0 Å². The van der Waals surface area contributed by atoms with E-state index in [1.54, 1.807) is 24.3 Å². The third-order valence-electron chi connectivity index (χ3n) is 4.07. The summed E-state index contributed by atoms with van der Waals surface area (Å²) in [5, 5.41) is 5.99. The molecular weight excluding hydrogens is 352 g/mol. The molecular formula is C20H19ClN2O3. The van der Waals surface area contributed by atoms with Gasteiger partial charge in [0.2, 0.25) is 5.91 Å². The Bertz CT molecular complexity index is 929. The average molecular weight is 371 g/mol. The molecule has 2 aromatic rings. The Morgan fingerprint density at radius 3 is 2.04 bits per heavy atom. The summed E-state index contributed by atoms with van der Waals surface area (Å²) in [6, 6.07) is 9.60. The SMILES string of the molecule is CC(C)(C)NCC(=O)Nc1cc2c(cc1Cl)C(=O)c1ccccc1C2=O. The van der Waals surface area contributed by atoms with Crippen LogP contribution in [0.3, 0.4) is 0 Å². The zero-order chi connectivity index (χ0) is 19.1. The number of fused-ring (bicyclic) bond motifs is 2. The lowest BCUT2D eigenvalue weighted by Crippen LogP contribution is -2.41. The van der Waals surface area contributed by atoms with Crippen molar-refractivity contribution in [3.8, 4) is 0 Å². The van der Waals surface area contributed by atoms with E-state index in [1.807, 2.05) is 20.8 Å². The number of halogens is 1. The molecule has 5 nitrogen and oxygen atoms in total. The van der Waals surface area contributed by atoms with Crippen LogP contribution in [-0.4, -0.2) is 29.6 Å². The summed E-state index contributed by atoms with van der Waals surface area (Å²) in [5.41, 5.74) is 1.34. The molecule has 1 aliphatic carbocycles. The molecule has 134 valence electrons. The topological polar surface area (TPSA) is 75.3 Å². The number of benzene rings is 2. The summed E-state index contributed by atoms with van der Waals surface area (Å²) >= 11 is 6.24. The van der Waals surface area contributed by atoms with Gasteiger partial charge in [-0.05, 0) is 32.9 Å². The monoisotopic (exact) mass is 370 g/mol. The van der Waals surface area contributed by atoms with Crippen molar-refractivity contribution in [2.75, 3.05) is 11.9 Å². The Balaban J connectivity index is 1.91. The highest BCUT2D eigenvalue weighted by molar-refractivity contribution is 6.36. The summed E-state index contributed by atoms with van der Waals surface area (Å²) < 4.78 is 0. The zero-order valence-electron chi connectivity index (χ0n) is 14.8. The van der Waals surface area contributed by atoms with Crippen LogP contribution >= 0.6 is 11.6 Å². The standard InChI is InChI=1S/C20H19ClN2O3/c1-20(2,3)22-10-17(24)23-16-9-14-13(8-15(16)21)18(25)11-6-4-5-7-12(11)19(14)26/h4-9,22H,10H2,1-3H3,(H,23,24). The molecule has 0 unspecified atom stereocenters.